The molecule has 0 radical (unpaired) electrons. The van der Waals surface area contributed by atoms with Crippen molar-refractivity contribution in [2.75, 3.05) is 51.4 Å². The van der Waals surface area contributed by atoms with Crippen molar-refractivity contribution >= 4 is 29.3 Å². The molecule has 172 valence electrons. The van der Waals surface area contributed by atoms with Crippen LogP contribution in [0, 0.1) is 5.92 Å². The first-order chi connectivity index (χ1) is 15.4. The van der Waals surface area contributed by atoms with E-state index in [1.807, 2.05) is 32.0 Å². The highest BCUT2D eigenvalue weighted by Gasteiger charge is 2.23. The number of carbonyl (C=O) groups is 2. The van der Waals surface area contributed by atoms with Gasteiger partial charge >= 0.3 is 5.97 Å². The molecule has 0 aliphatic carbocycles. The summed E-state index contributed by atoms with van der Waals surface area (Å²) in [5.74, 6) is 1.01. The quantitative estimate of drug-likeness (QED) is 0.558. The van der Waals surface area contributed by atoms with Gasteiger partial charge in [0.1, 0.15) is 5.82 Å². The maximum Gasteiger partial charge on any atom is 0.338 e. The molecule has 0 N–H and O–H groups in total. The summed E-state index contributed by atoms with van der Waals surface area (Å²) in [5, 5.41) is 0.244. The van der Waals surface area contributed by atoms with Gasteiger partial charge in [0.2, 0.25) is 0 Å². The molecule has 0 unspecified atom stereocenters. The highest BCUT2D eigenvalue weighted by molar-refractivity contribution is 6.32. The number of methoxy groups -OCH3 is 1. The predicted octanol–water partition coefficient (Wildman–Crippen LogP) is 3.28. The predicted molar refractivity (Wildman–Crippen MR) is 122 cm³/mol. The lowest BCUT2D eigenvalue weighted by Crippen LogP contribution is -2.50. The van der Waals surface area contributed by atoms with Crippen molar-refractivity contribution in [3.63, 3.8) is 0 Å². The molecule has 32 heavy (non-hydrogen) atoms. The van der Waals surface area contributed by atoms with E-state index in [0.717, 1.165) is 5.82 Å². The number of halogens is 1. The molecule has 0 bridgehead atoms. The van der Waals surface area contributed by atoms with E-state index in [4.69, 9.17) is 25.8 Å². The molecule has 1 aliphatic heterocycles. The molecule has 1 aliphatic rings. The third-order valence-corrected chi connectivity index (χ3v) is 5.24. The fourth-order valence-electron chi connectivity index (χ4n) is 3.26. The van der Waals surface area contributed by atoms with Crippen LogP contribution in [-0.2, 0) is 9.53 Å². The smallest absolute Gasteiger partial charge is 0.338 e. The molecule has 8 nitrogen and oxygen atoms in total. The first-order valence-electron chi connectivity index (χ1n) is 10.5. The molecule has 3 rings (SSSR count). The maximum atomic E-state index is 12.5. The zero-order chi connectivity index (χ0) is 23.1. The first kappa shape index (κ1) is 23.7. The van der Waals surface area contributed by atoms with Gasteiger partial charge in [-0.05, 0) is 30.2 Å². The Morgan fingerprint density at radius 2 is 1.91 bits per heavy atom. The number of benzene rings is 1. The van der Waals surface area contributed by atoms with Gasteiger partial charge in [-0.3, -0.25) is 4.79 Å². The fourth-order valence-corrected chi connectivity index (χ4v) is 3.52. The van der Waals surface area contributed by atoms with Gasteiger partial charge < -0.3 is 24.0 Å². The van der Waals surface area contributed by atoms with Crippen LogP contribution in [0.15, 0.2) is 36.5 Å². The van der Waals surface area contributed by atoms with Gasteiger partial charge in [0.05, 0.1) is 24.3 Å². The Kier molecular flexibility index (Phi) is 8.16. The zero-order valence-corrected chi connectivity index (χ0v) is 19.3. The minimum Gasteiger partial charge on any atom is -0.493 e. The molecule has 0 saturated carbocycles. The number of aromatic nitrogens is 1. The Morgan fingerprint density at radius 3 is 2.53 bits per heavy atom. The lowest BCUT2D eigenvalue weighted by molar-refractivity contribution is -0.134. The Balaban J connectivity index is 1.54. The second kappa shape index (κ2) is 11.0. The van der Waals surface area contributed by atoms with E-state index < -0.39 is 5.97 Å². The standard InChI is InChI=1S/C23H28ClN3O5/c1-16(2)14-31-22-18(24)12-17(13-19(22)30-3)23(29)32-15-21(28)27-10-8-26(9-11-27)20-6-4-5-7-25-20/h4-7,12-13,16H,8-11,14-15H2,1-3H3. The number of anilines is 1. The summed E-state index contributed by atoms with van der Waals surface area (Å²) in [6, 6.07) is 8.70. The first-order valence-corrected chi connectivity index (χ1v) is 10.9. The normalized spacial score (nSPS) is 13.8. The molecule has 2 heterocycles. The van der Waals surface area contributed by atoms with Crippen molar-refractivity contribution in [1.82, 2.24) is 9.88 Å². The molecule has 1 amide bonds. The summed E-state index contributed by atoms with van der Waals surface area (Å²) >= 11 is 6.29. The van der Waals surface area contributed by atoms with Gasteiger partial charge in [0.15, 0.2) is 18.1 Å². The van der Waals surface area contributed by atoms with Crippen LogP contribution in [0.2, 0.25) is 5.02 Å². The van der Waals surface area contributed by atoms with Gasteiger partial charge in [-0.25, -0.2) is 9.78 Å². The van der Waals surface area contributed by atoms with Gasteiger partial charge in [0.25, 0.3) is 5.91 Å². The molecule has 0 atom stereocenters. The molecule has 1 aromatic carbocycles. The number of esters is 1. The van der Waals surface area contributed by atoms with Gasteiger partial charge in [0, 0.05) is 32.4 Å². The Bertz CT molecular complexity index is 931. The van der Waals surface area contributed by atoms with Crippen LogP contribution >= 0.6 is 11.6 Å². The molecule has 9 heteroatoms. The van der Waals surface area contributed by atoms with Crippen LogP contribution < -0.4 is 14.4 Å². The number of hydrogen-bond acceptors (Lipinski definition) is 7. The number of hydrogen-bond donors (Lipinski definition) is 0. The number of pyridine rings is 1. The minimum atomic E-state index is -0.652. The van der Waals surface area contributed by atoms with Crippen molar-refractivity contribution in [2.24, 2.45) is 5.92 Å². The molecule has 1 aromatic heterocycles. The van der Waals surface area contributed by atoms with Crippen LogP contribution in [0.3, 0.4) is 0 Å². The van der Waals surface area contributed by atoms with Gasteiger partial charge in [-0.15, -0.1) is 0 Å². The average Bonchev–Trinajstić information content (AvgIpc) is 2.81. The molecule has 1 saturated heterocycles. The average molecular weight is 462 g/mol. The Morgan fingerprint density at radius 1 is 1.16 bits per heavy atom. The number of amides is 1. The van der Waals surface area contributed by atoms with Crippen molar-refractivity contribution in [2.45, 2.75) is 13.8 Å². The van der Waals surface area contributed by atoms with E-state index in [1.165, 1.54) is 19.2 Å². The fraction of sp³-hybridized carbons (Fsp3) is 0.435. The van der Waals surface area contributed by atoms with Crippen LogP contribution in [-0.4, -0.2) is 68.3 Å². The van der Waals surface area contributed by atoms with E-state index >= 15 is 0 Å². The third-order valence-electron chi connectivity index (χ3n) is 4.96. The maximum absolute atomic E-state index is 12.5. The topological polar surface area (TPSA) is 81.2 Å². The Labute approximate surface area is 193 Å². The van der Waals surface area contributed by atoms with Crippen LogP contribution in [0.5, 0.6) is 11.5 Å². The van der Waals surface area contributed by atoms with Crippen molar-refractivity contribution in [3.8, 4) is 11.5 Å². The summed E-state index contributed by atoms with van der Waals surface area (Å²) in [4.78, 5) is 33.2. The molecule has 1 fully saturated rings. The highest BCUT2D eigenvalue weighted by Crippen LogP contribution is 2.37. The molecule has 2 aromatic rings. The highest BCUT2D eigenvalue weighted by atomic mass is 35.5. The monoisotopic (exact) mass is 461 g/mol. The molecular formula is C23H28ClN3O5. The summed E-state index contributed by atoms with van der Waals surface area (Å²) in [6.07, 6.45) is 1.75. The van der Waals surface area contributed by atoms with Crippen molar-refractivity contribution in [1.29, 1.82) is 0 Å². The summed E-state index contributed by atoms with van der Waals surface area (Å²) in [6.45, 7) is 6.56. The van der Waals surface area contributed by atoms with Crippen LogP contribution in [0.1, 0.15) is 24.2 Å². The Hall–Kier alpha value is -3.00. The van der Waals surface area contributed by atoms with Crippen molar-refractivity contribution in [3.05, 3.63) is 47.1 Å². The zero-order valence-electron chi connectivity index (χ0n) is 18.5. The van der Waals surface area contributed by atoms with Crippen LogP contribution in [0.25, 0.3) is 0 Å². The SMILES string of the molecule is COc1cc(C(=O)OCC(=O)N2CCN(c3ccccn3)CC2)cc(Cl)c1OCC(C)C. The van der Waals surface area contributed by atoms with Crippen molar-refractivity contribution < 1.29 is 23.8 Å². The lowest BCUT2D eigenvalue weighted by Gasteiger charge is -2.35. The number of nitrogens with zero attached hydrogens (tertiary/aromatic N) is 3. The van der Waals surface area contributed by atoms with E-state index in [9.17, 15) is 9.59 Å². The van der Waals surface area contributed by atoms with Crippen LogP contribution in [0.4, 0.5) is 5.82 Å². The number of rotatable bonds is 8. The lowest BCUT2D eigenvalue weighted by atomic mass is 10.2. The van der Waals surface area contributed by atoms with E-state index in [2.05, 4.69) is 9.88 Å². The van der Waals surface area contributed by atoms with Gasteiger partial charge in [-0.1, -0.05) is 31.5 Å². The van der Waals surface area contributed by atoms with E-state index in [-0.39, 0.29) is 23.1 Å². The second-order valence-electron chi connectivity index (χ2n) is 7.83. The minimum absolute atomic E-state index is 0.191. The number of carbonyl (C=O) groups excluding carboxylic acids is 2. The summed E-state index contributed by atoms with van der Waals surface area (Å²) < 4.78 is 16.2. The number of ether oxygens (including phenoxy) is 3. The molecular weight excluding hydrogens is 434 g/mol. The summed E-state index contributed by atoms with van der Waals surface area (Å²) in [5.41, 5.74) is 0.191. The third kappa shape index (κ3) is 6.03. The van der Waals surface area contributed by atoms with E-state index in [1.54, 1.807) is 11.1 Å². The van der Waals surface area contributed by atoms with Gasteiger partial charge in [-0.2, -0.15) is 0 Å². The molecule has 0 spiro atoms. The second-order valence-corrected chi connectivity index (χ2v) is 8.23. The van der Waals surface area contributed by atoms with E-state index in [0.29, 0.717) is 50.2 Å². The number of piperazine rings is 1. The largest absolute Gasteiger partial charge is 0.493 e. The summed E-state index contributed by atoms with van der Waals surface area (Å²) in [7, 11) is 1.47.